The largest absolute Gasteiger partial charge is 0.441 e. The van der Waals surface area contributed by atoms with Crippen LogP contribution in [-0.2, 0) is 4.74 Å². The normalized spacial score (nSPS) is 29.3. The van der Waals surface area contributed by atoms with Gasteiger partial charge in [-0.25, -0.2) is 4.79 Å². The number of amides is 1. The molecule has 3 N–H and O–H groups in total. The fraction of sp³-hybridized carbons (Fsp3) is 0.647. The van der Waals surface area contributed by atoms with E-state index in [1.807, 2.05) is 25.7 Å². The van der Waals surface area contributed by atoms with Gasteiger partial charge in [-0.2, -0.15) is 0 Å². The van der Waals surface area contributed by atoms with Gasteiger partial charge in [0.15, 0.2) is 6.10 Å². The quantitative estimate of drug-likeness (QED) is 0.618. The minimum Gasteiger partial charge on any atom is -0.441 e. The minimum atomic E-state index is -1.34. The highest BCUT2D eigenvalue weighted by molar-refractivity contribution is 5.66. The summed E-state index contributed by atoms with van der Waals surface area (Å²) >= 11 is 0. The summed E-state index contributed by atoms with van der Waals surface area (Å²) in [7, 11) is 0. The molecule has 1 aromatic rings. The average molecular weight is 366 g/mol. The Morgan fingerprint density at radius 1 is 1.54 bits per heavy atom. The zero-order chi connectivity index (χ0) is 19.9. The van der Waals surface area contributed by atoms with Crippen LogP contribution in [0, 0.1) is 21.4 Å². The molecule has 1 aliphatic heterocycles. The third-order valence-corrected chi connectivity index (χ3v) is 5.08. The molecule has 0 aliphatic carbocycles. The summed E-state index contributed by atoms with van der Waals surface area (Å²) in [5, 5.41) is 22.5. The van der Waals surface area contributed by atoms with Crippen LogP contribution in [0.1, 0.15) is 34.6 Å². The number of piperidine rings is 1. The maximum atomic E-state index is 11.5. The minimum absolute atomic E-state index is 0.145. The van der Waals surface area contributed by atoms with Gasteiger partial charge in [0.05, 0.1) is 11.0 Å². The molecule has 1 aromatic heterocycles. The predicted molar refractivity (Wildman–Crippen MR) is 95.7 cm³/mol. The van der Waals surface area contributed by atoms with E-state index in [9.17, 15) is 20.0 Å². The number of nitrogens with two attached hydrogens (primary N) is 1. The van der Waals surface area contributed by atoms with Crippen LogP contribution in [0.4, 0.5) is 16.2 Å². The van der Waals surface area contributed by atoms with E-state index in [0.29, 0.717) is 12.2 Å². The molecule has 9 nitrogen and oxygen atoms in total. The molecule has 0 aromatic carbocycles. The molecule has 2 heterocycles. The van der Waals surface area contributed by atoms with Crippen LogP contribution < -0.4 is 10.6 Å². The van der Waals surface area contributed by atoms with E-state index in [1.54, 1.807) is 19.9 Å². The first-order valence-corrected chi connectivity index (χ1v) is 8.41. The predicted octanol–water partition coefficient (Wildman–Crippen LogP) is 2.08. The van der Waals surface area contributed by atoms with E-state index in [4.69, 9.17) is 10.5 Å². The summed E-state index contributed by atoms with van der Waals surface area (Å²) in [6.07, 6.45) is 0.708. The summed E-state index contributed by atoms with van der Waals surface area (Å²) in [6.45, 7) is 9.50. The van der Waals surface area contributed by atoms with Gasteiger partial charge in [-0.15, -0.1) is 0 Å². The molecule has 4 atom stereocenters. The second-order valence-corrected chi connectivity index (χ2v) is 8.07. The van der Waals surface area contributed by atoms with Crippen molar-refractivity contribution in [1.82, 2.24) is 4.98 Å². The summed E-state index contributed by atoms with van der Waals surface area (Å²) in [6, 6.07) is 1.02. The number of ether oxygens (including phenoxy) is 1. The maximum absolute atomic E-state index is 11.5. The lowest BCUT2D eigenvalue weighted by atomic mass is 9.69. The van der Waals surface area contributed by atoms with Crippen molar-refractivity contribution in [3.63, 3.8) is 0 Å². The van der Waals surface area contributed by atoms with Crippen molar-refractivity contribution >= 4 is 17.5 Å². The topological polar surface area (TPSA) is 132 Å². The number of aliphatic hydroxyl groups is 1. The van der Waals surface area contributed by atoms with Gasteiger partial charge in [0.25, 0.3) is 0 Å². The Morgan fingerprint density at radius 3 is 2.65 bits per heavy atom. The Kier molecular flexibility index (Phi) is 5.14. The molecule has 26 heavy (non-hydrogen) atoms. The summed E-state index contributed by atoms with van der Waals surface area (Å²) in [4.78, 5) is 28.1. The number of nitrogens with zero attached hydrogens (tertiary/aromatic N) is 3. The van der Waals surface area contributed by atoms with Gasteiger partial charge < -0.3 is 20.5 Å². The van der Waals surface area contributed by atoms with Gasteiger partial charge in [-0.05, 0) is 18.4 Å². The van der Waals surface area contributed by atoms with Gasteiger partial charge >= 0.3 is 11.8 Å². The lowest BCUT2D eigenvalue weighted by Crippen LogP contribution is -2.69. The third-order valence-electron chi connectivity index (χ3n) is 5.08. The average Bonchev–Trinajstić information content (AvgIpc) is 2.50. The van der Waals surface area contributed by atoms with Gasteiger partial charge in [0, 0.05) is 18.7 Å². The summed E-state index contributed by atoms with van der Waals surface area (Å²) < 4.78 is 5.33. The van der Waals surface area contributed by atoms with Crippen molar-refractivity contribution in [2.24, 2.45) is 17.1 Å². The number of hydrogen-bond donors (Lipinski definition) is 2. The van der Waals surface area contributed by atoms with E-state index in [1.165, 1.54) is 12.4 Å². The van der Waals surface area contributed by atoms with E-state index < -0.39 is 34.2 Å². The SMILES string of the molecule is C[C@H]1CN(c2ccncc2[N+](=O)[O-])C(C(C)(C)C)[C@@H](OC(N)=O)C1(C)O. The fourth-order valence-corrected chi connectivity index (χ4v) is 3.60. The molecule has 2 unspecified atom stereocenters. The van der Waals surface area contributed by atoms with Gasteiger partial charge in [0.2, 0.25) is 0 Å². The van der Waals surface area contributed by atoms with E-state index in [-0.39, 0.29) is 11.6 Å². The van der Waals surface area contributed by atoms with Crippen molar-refractivity contribution in [3.05, 3.63) is 28.6 Å². The molecule has 0 saturated carbocycles. The lowest BCUT2D eigenvalue weighted by molar-refractivity contribution is -0.384. The van der Waals surface area contributed by atoms with Crippen LogP contribution in [-0.4, -0.2) is 45.4 Å². The number of anilines is 1. The van der Waals surface area contributed by atoms with Crippen LogP contribution in [0.2, 0.25) is 0 Å². The van der Waals surface area contributed by atoms with E-state index >= 15 is 0 Å². The maximum Gasteiger partial charge on any atom is 0.404 e. The van der Waals surface area contributed by atoms with E-state index in [0.717, 1.165) is 0 Å². The molecular weight excluding hydrogens is 340 g/mol. The Balaban J connectivity index is 2.64. The number of carbonyl (C=O) groups is 1. The van der Waals surface area contributed by atoms with Gasteiger partial charge in [-0.3, -0.25) is 15.1 Å². The smallest absolute Gasteiger partial charge is 0.404 e. The van der Waals surface area contributed by atoms with Crippen LogP contribution in [0.3, 0.4) is 0 Å². The Labute approximate surface area is 152 Å². The van der Waals surface area contributed by atoms with Crippen LogP contribution in [0.25, 0.3) is 0 Å². The fourth-order valence-electron chi connectivity index (χ4n) is 3.60. The standard InChI is InChI=1S/C17H26N4O5/c1-10-9-20(11-6-7-19-8-12(11)21(24)25)13(16(2,3)4)14(17(10,5)23)26-15(18)22/h6-8,10,13-14,23H,9H2,1-5H3,(H2,18,22)/t10-,13?,14+,17?/m0/s1. The number of carbonyl (C=O) groups excluding carboxylic acids is 1. The molecule has 0 spiro atoms. The molecule has 144 valence electrons. The number of pyridine rings is 1. The number of hydrogen-bond acceptors (Lipinski definition) is 7. The highest BCUT2D eigenvalue weighted by Crippen LogP contribution is 2.44. The number of primary amides is 1. The second-order valence-electron chi connectivity index (χ2n) is 8.07. The van der Waals surface area contributed by atoms with Crippen molar-refractivity contribution in [3.8, 4) is 0 Å². The first-order chi connectivity index (χ1) is 11.9. The molecule has 9 heteroatoms. The van der Waals surface area contributed by atoms with Gasteiger partial charge in [-0.1, -0.05) is 27.7 Å². The van der Waals surface area contributed by atoms with Gasteiger partial charge in [0.1, 0.15) is 17.5 Å². The molecular formula is C17H26N4O5. The highest BCUT2D eigenvalue weighted by Gasteiger charge is 2.55. The molecule has 2 rings (SSSR count). The monoisotopic (exact) mass is 366 g/mol. The number of aromatic nitrogens is 1. The van der Waals surface area contributed by atoms with Crippen molar-refractivity contribution in [1.29, 1.82) is 0 Å². The molecule has 1 saturated heterocycles. The van der Waals surface area contributed by atoms with E-state index in [2.05, 4.69) is 4.98 Å². The van der Waals surface area contributed by atoms with Crippen molar-refractivity contribution in [2.75, 3.05) is 11.4 Å². The highest BCUT2D eigenvalue weighted by atomic mass is 16.6. The molecule has 1 aliphatic rings. The number of nitro groups is 1. The summed E-state index contributed by atoms with van der Waals surface area (Å²) in [5.74, 6) is -0.335. The van der Waals surface area contributed by atoms with Crippen LogP contribution >= 0.6 is 0 Å². The first kappa shape index (κ1) is 19.9. The zero-order valence-corrected chi connectivity index (χ0v) is 15.7. The first-order valence-electron chi connectivity index (χ1n) is 8.41. The van der Waals surface area contributed by atoms with Crippen LogP contribution in [0.15, 0.2) is 18.5 Å². The molecule has 0 radical (unpaired) electrons. The third kappa shape index (κ3) is 3.57. The Morgan fingerprint density at radius 2 is 2.15 bits per heavy atom. The molecule has 0 bridgehead atoms. The number of rotatable bonds is 3. The summed E-state index contributed by atoms with van der Waals surface area (Å²) in [5.41, 5.74) is 3.64. The molecule has 1 amide bonds. The Bertz CT molecular complexity index is 701. The molecule has 1 fully saturated rings. The van der Waals surface area contributed by atoms with Crippen LogP contribution in [0.5, 0.6) is 0 Å². The second kappa shape index (κ2) is 6.71. The van der Waals surface area contributed by atoms with Crippen molar-refractivity contribution in [2.45, 2.75) is 52.4 Å². The lowest BCUT2D eigenvalue weighted by Gasteiger charge is -2.55. The van der Waals surface area contributed by atoms with Crippen molar-refractivity contribution < 1.29 is 19.6 Å². The zero-order valence-electron chi connectivity index (χ0n) is 15.7. The Hall–Kier alpha value is -2.42.